The Kier molecular flexibility index (Phi) is 2.90. The minimum absolute atomic E-state index is 0.551. The van der Waals surface area contributed by atoms with E-state index in [1.165, 1.54) is 0 Å². The summed E-state index contributed by atoms with van der Waals surface area (Å²) in [6.45, 7) is 3.66. The van der Waals surface area contributed by atoms with Crippen molar-refractivity contribution < 1.29 is 5.11 Å². The molecule has 0 aliphatic carbocycles. The van der Waals surface area contributed by atoms with Gasteiger partial charge in [-0.1, -0.05) is 30.0 Å². The summed E-state index contributed by atoms with van der Waals surface area (Å²) < 4.78 is 0. The van der Waals surface area contributed by atoms with Crippen molar-refractivity contribution in [3.8, 4) is 11.8 Å². The van der Waals surface area contributed by atoms with Gasteiger partial charge in [-0.25, -0.2) is 0 Å². The number of benzene rings is 1. The molecule has 0 bridgehead atoms. The fourth-order valence-corrected chi connectivity index (χ4v) is 0.895. The van der Waals surface area contributed by atoms with Crippen LogP contribution in [-0.2, 0) is 0 Å². The standard InChI is InChI=1S/C11H12O/c1-9-5-3-4-6-11(9)8-7-10(2)12/h3-6,10,12H,1-2H3/t10-/m1/s1. The van der Waals surface area contributed by atoms with Crippen molar-refractivity contribution in [1.82, 2.24) is 0 Å². The van der Waals surface area contributed by atoms with Crippen molar-refractivity contribution in [2.45, 2.75) is 20.0 Å². The Morgan fingerprint density at radius 2 is 2.00 bits per heavy atom. The molecule has 1 atom stereocenters. The number of rotatable bonds is 0. The predicted molar refractivity (Wildman–Crippen MR) is 49.7 cm³/mol. The highest BCUT2D eigenvalue weighted by Gasteiger charge is 1.90. The molecule has 1 heteroatoms. The first-order valence-electron chi connectivity index (χ1n) is 3.95. The predicted octanol–water partition coefficient (Wildman–Crippen LogP) is 1.73. The molecule has 1 rings (SSSR count). The van der Waals surface area contributed by atoms with Crippen molar-refractivity contribution in [1.29, 1.82) is 0 Å². The van der Waals surface area contributed by atoms with Crippen LogP contribution in [0.4, 0.5) is 0 Å². The molecule has 1 nitrogen and oxygen atoms in total. The summed E-state index contributed by atoms with van der Waals surface area (Å²) in [6.07, 6.45) is -0.551. The third kappa shape index (κ3) is 2.41. The van der Waals surface area contributed by atoms with Crippen LogP contribution in [0.1, 0.15) is 18.1 Å². The smallest absolute Gasteiger partial charge is 0.112 e. The molecule has 1 aromatic rings. The zero-order valence-corrected chi connectivity index (χ0v) is 7.33. The lowest BCUT2D eigenvalue weighted by Crippen LogP contribution is -1.93. The van der Waals surface area contributed by atoms with Crippen molar-refractivity contribution in [2.75, 3.05) is 0 Å². The van der Waals surface area contributed by atoms with Crippen LogP contribution in [0.2, 0.25) is 0 Å². The molecule has 0 aliphatic heterocycles. The topological polar surface area (TPSA) is 20.2 Å². The van der Waals surface area contributed by atoms with Gasteiger partial charge in [0.05, 0.1) is 0 Å². The van der Waals surface area contributed by atoms with Crippen LogP contribution in [0, 0.1) is 18.8 Å². The van der Waals surface area contributed by atoms with Gasteiger partial charge in [0.2, 0.25) is 0 Å². The van der Waals surface area contributed by atoms with Crippen LogP contribution >= 0.6 is 0 Å². The van der Waals surface area contributed by atoms with Gasteiger partial charge in [-0.15, -0.1) is 0 Å². The van der Waals surface area contributed by atoms with E-state index in [9.17, 15) is 0 Å². The van der Waals surface area contributed by atoms with Gasteiger partial charge in [0.15, 0.2) is 0 Å². The minimum Gasteiger partial charge on any atom is -0.381 e. The molecular weight excluding hydrogens is 148 g/mol. The van der Waals surface area contributed by atoms with Gasteiger partial charge in [0.25, 0.3) is 0 Å². The lowest BCUT2D eigenvalue weighted by Gasteiger charge is -1.95. The normalized spacial score (nSPS) is 11.6. The highest BCUT2D eigenvalue weighted by Crippen LogP contribution is 2.04. The van der Waals surface area contributed by atoms with Crippen LogP contribution in [0.3, 0.4) is 0 Å². The van der Waals surface area contributed by atoms with E-state index < -0.39 is 6.10 Å². The van der Waals surface area contributed by atoms with Crippen LogP contribution in [-0.4, -0.2) is 11.2 Å². The maximum Gasteiger partial charge on any atom is 0.112 e. The summed E-state index contributed by atoms with van der Waals surface area (Å²) in [5, 5.41) is 8.93. The van der Waals surface area contributed by atoms with Crippen LogP contribution < -0.4 is 0 Å². The molecule has 0 aromatic heterocycles. The molecule has 1 N–H and O–H groups in total. The maximum atomic E-state index is 8.93. The van der Waals surface area contributed by atoms with Gasteiger partial charge in [-0.2, -0.15) is 0 Å². The molecular formula is C11H12O. The Morgan fingerprint density at radius 1 is 1.33 bits per heavy atom. The molecule has 0 heterocycles. The van der Waals surface area contributed by atoms with Crippen LogP contribution in [0.25, 0.3) is 0 Å². The number of aryl methyl sites for hydroxylation is 1. The first-order chi connectivity index (χ1) is 5.70. The maximum absolute atomic E-state index is 8.93. The Hall–Kier alpha value is -1.26. The van der Waals surface area contributed by atoms with E-state index in [1.54, 1.807) is 6.92 Å². The molecule has 0 aliphatic rings. The minimum atomic E-state index is -0.551. The second kappa shape index (κ2) is 3.94. The van der Waals surface area contributed by atoms with E-state index in [1.807, 2.05) is 31.2 Å². The quantitative estimate of drug-likeness (QED) is 0.573. The van der Waals surface area contributed by atoms with Crippen molar-refractivity contribution in [3.05, 3.63) is 35.4 Å². The van der Waals surface area contributed by atoms with E-state index in [0.29, 0.717) is 0 Å². The first kappa shape index (κ1) is 8.83. The highest BCUT2D eigenvalue weighted by atomic mass is 16.3. The lowest BCUT2D eigenvalue weighted by molar-refractivity contribution is 0.253. The zero-order chi connectivity index (χ0) is 8.97. The summed E-state index contributed by atoms with van der Waals surface area (Å²) in [7, 11) is 0. The molecule has 0 radical (unpaired) electrons. The average Bonchev–Trinajstić information content (AvgIpc) is 2.03. The van der Waals surface area contributed by atoms with E-state index in [0.717, 1.165) is 11.1 Å². The number of aliphatic hydroxyl groups excluding tert-OH is 1. The van der Waals surface area contributed by atoms with Crippen LogP contribution in [0.15, 0.2) is 24.3 Å². The molecule has 0 spiro atoms. The van der Waals surface area contributed by atoms with Gasteiger partial charge in [-0.05, 0) is 25.5 Å². The summed E-state index contributed by atoms with van der Waals surface area (Å²) in [5.74, 6) is 5.62. The van der Waals surface area contributed by atoms with E-state index >= 15 is 0 Å². The van der Waals surface area contributed by atoms with Gasteiger partial charge >= 0.3 is 0 Å². The Labute approximate surface area is 73.0 Å². The zero-order valence-electron chi connectivity index (χ0n) is 7.33. The highest BCUT2D eigenvalue weighted by molar-refractivity contribution is 5.40. The summed E-state index contributed by atoms with van der Waals surface area (Å²) >= 11 is 0. The Morgan fingerprint density at radius 3 is 2.58 bits per heavy atom. The molecule has 12 heavy (non-hydrogen) atoms. The lowest BCUT2D eigenvalue weighted by atomic mass is 10.1. The molecule has 0 fully saturated rings. The molecule has 62 valence electrons. The van der Waals surface area contributed by atoms with E-state index in [-0.39, 0.29) is 0 Å². The summed E-state index contributed by atoms with van der Waals surface area (Å²) in [4.78, 5) is 0. The molecule has 1 aromatic carbocycles. The molecule has 0 unspecified atom stereocenters. The van der Waals surface area contributed by atoms with Crippen molar-refractivity contribution in [2.24, 2.45) is 0 Å². The SMILES string of the molecule is Cc1ccccc1C#C[C@@H](C)O. The molecule has 0 amide bonds. The third-order valence-corrected chi connectivity index (χ3v) is 1.56. The van der Waals surface area contributed by atoms with Crippen molar-refractivity contribution >= 4 is 0 Å². The van der Waals surface area contributed by atoms with Gasteiger partial charge < -0.3 is 5.11 Å². The molecule has 0 saturated heterocycles. The average molecular weight is 160 g/mol. The Bertz CT molecular complexity index is 315. The second-order valence-corrected chi connectivity index (χ2v) is 2.76. The fraction of sp³-hybridized carbons (Fsp3) is 0.273. The number of aliphatic hydroxyl groups is 1. The van der Waals surface area contributed by atoms with Crippen molar-refractivity contribution in [3.63, 3.8) is 0 Å². The van der Waals surface area contributed by atoms with Gasteiger partial charge in [-0.3, -0.25) is 0 Å². The molecule has 0 saturated carbocycles. The number of hydrogen-bond acceptors (Lipinski definition) is 1. The van der Waals surface area contributed by atoms with Gasteiger partial charge in [0.1, 0.15) is 6.10 Å². The largest absolute Gasteiger partial charge is 0.381 e. The summed E-state index contributed by atoms with van der Waals surface area (Å²) in [5.41, 5.74) is 2.13. The van der Waals surface area contributed by atoms with E-state index in [4.69, 9.17) is 5.11 Å². The first-order valence-corrected chi connectivity index (χ1v) is 3.95. The van der Waals surface area contributed by atoms with Gasteiger partial charge in [0, 0.05) is 5.56 Å². The van der Waals surface area contributed by atoms with E-state index in [2.05, 4.69) is 11.8 Å². The fourth-order valence-electron chi connectivity index (χ4n) is 0.895. The monoisotopic (exact) mass is 160 g/mol. The van der Waals surface area contributed by atoms with Crippen LogP contribution in [0.5, 0.6) is 0 Å². The Balaban J connectivity index is 2.92. The number of hydrogen-bond donors (Lipinski definition) is 1. The summed E-state index contributed by atoms with van der Waals surface area (Å²) in [6, 6.07) is 7.87. The second-order valence-electron chi connectivity index (χ2n) is 2.76. The third-order valence-electron chi connectivity index (χ3n) is 1.56.